The van der Waals surface area contributed by atoms with E-state index in [0.717, 1.165) is 17.7 Å². The summed E-state index contributed by atoms with van der Waals surface area (Å²) in [5.41, 5.74) is 3.19. The third-order valence-electron chi connectivity index (χ3n) is 3.43. The molecule has 2 aromatic rings. The zero-order chi connectivity index (χ0) is 14.7. The van der Waals surface area contributed by atoms with Gasteiger partial charge in [0, 0.05) is 12.4 Å². The Morgan fingerprint density at radius 1 is 1.38 bits per heavy atom. The van der Waals surface area contributed by atoms with Crippen LogP contribution in [0, 0.1) is 11.3 Å². The van der Waals surface area contributed by atoms with Gasteiger partial charge in [0.15, 0.2) is 0 Å². The van der Waals surface area contributed by atoms with Crippen LogP contribution in [0.3, 0.4) is 0 Å². The number of carbonyl (C=O) groups excluding carboxylic acids is 1. The number of aromatic nitrogens is 1. The lowest BCUT2D eigenvalue weighted by atomic mass is 10.0. The molecule has 2 heterocycles. The average molecular weight is 295 g/mol. The maximum absolute atomic E-state index is 12.5. The largest absolute Gasteiger partial charge is 0.324 e. The van der Waals surface area contributed by atoms with Crippen LogP contribution in [0.15, 0.2) is 42.7 Å². The minimum absolute atomic E-state index is 0.0881. The Labute approximate surface area is 127 Å². The van der Waals surface area contributed by atoms with E-state index in [9.17, 15) is 4.79 Å². The van der Waals surface area contributed by atoms with Crippen LogP contribution in [0.4, 0.5) is 5.69 Å². The molecule has 1 atom stereocenters. The van der Waals surface area contributed by atoms with E-state index in [1.807, 2.05) is 24.3 Å². The molecule has 0 saturated heterocycles. The molecule has 0 spiro atoms. The zero-order valence-corrected chi connectivity index (χ0v) is 12.1. The van der Waals surface area contributed by atoms with Gasteiger partial charge in [0.25, 0.3) is 0 Å². The first-order chi connectivity index (χ1) is 10.3. The Balaban J connectivity index is 1.86. The summed E-state index contributed by atoms with van der Waals surface area (Å²) in [6, 6.07) is 11.7. The van der Waals surface area contributed by atoms with Gasteiger partial charge in [0.2, 0.25) is 5.91 Å². The van der Waals surface area contributed by atoms with Crippen molar-refractivity contribution in [2.75, 3.05) is 11.1 Å². The van der Waals surface area contributed by atoms with E-state index in [2.05, 4.69) is 16.4 Å². The second kappa shape index (κ2) is 5.98. The van der Waals surface area contributed by atoms with Gasteiger partial charge in [-0.1, -0.05) is 24.3 Å². The summed E-state index contributed by atoms with van der Waals surface area (Å²) in [6.45, 7) is 0. The highest BCUT2D eigenvalue weighted by molar-refractivity contribution is 8.00. The second-order valence-corrected chi connectivity index (χ2v) is 5.93. The molecule has 5 heteroatoms. The number of pyridine rings is 1. The number of hydrogen-bond acceptors (Lipinski definition) is 4. The summed E-state index contributed by atoms with van der Waals surface area (Å²) in [6.07, 6.45) is 4.01. The Hall–Kier alpha value is -2.32. The molecule has 1 aromatic carbocycles. The first-order valence-electron chi connectivity index (χ1n) is 6.64. The molecule has 1 aliphatic heterocycles. The molecular formula is C16H13N3OS. The van der Waals surface area contributed by atoms with Crippen molar-refractivity contribution in [2.24, 2.45) is 0 Å². The van der Waals surface area contributed by atoms with E-state index in [1.165, 1.54) is 11.8 Å². The van der Waals surface area contributed by atoms with E-state index in [0.29, 0.717) is 11.3 Å². The molecule has 3 rings (SSSR count). The highest BCUT2D eigenvalue weighted by Gasteiger charge is 2.27. The van der Waals surface area contributed by atoms with Crippen molar-refractivity contribution in [3.8, 4) is 6.07 Å². The molecule has 104 valence electrons. The van der Waals surface area contributed by atoms with Crippen LogP contribution in [0.1, 0.15) is 21.9 Å². The number of amides is 1. The number of nitriles is 1. The maximum atomic E-state index is 12.5. The van der Waals surface area contributed by atoms with E-state index in [-0.39, 0.29) is 11.2 Å². The zero-order valence-electron chi connectivity index (χ0n) is 11.2. The normalized spacial score (nSPS) is 16.6. The number of hydrogen-bond donors (Lipinski definition) is 1. The molecule has 1 amide bonds. The van der Waals surface area contributed by atoms with Gasteiger partial charge in [-0.05, 0) is 29.4 Å². The van der Waals surface area contributed by atoms with Gasteiger partial charge in [-0.25, -0.2) is 0 Å². The van der Waals surface area contributed by atoms with Crippen molar-refractivity contribution in [1.82, 2.24) is 4.98 Å². The molecule has 0 bridgehead atoms. The van der Waals surface area contributed by atoms with Crippen molar-refractivity contribution in [2.45, 2.75) is 11.7 Å². The van der Waals surface area contributed by atoms with Crippen molar-refractivity contribution < 1.29 is 4.79 Å². The Bertz CT molecular complexity index is 723. The monoisotopic (exact) mass is 295 g/mol. The SMILES string of the molecule is N#Cc1cnccc1NC(=O)[C@H]1SCCc2ccccc21. The molecule has 1 aliphatic rings. The molecule has 0 unspecified atom stereocenters. The van der Waals surface area contributed by atoms with Crippen LogP contribution >= 0.6 is 11.8 Å². The van der Waals surface area contributed by atoms with Crippen LogP contribution in [-0.4, -0.2) is 16.6 Å². The van der Waals surface area contributed by atoms with E-state index in [4.69, 9.17) is 5.26 Å². The van der Waals surface area contributed by atoms with Crippen LogP contribution in [-0.2, 0) is 11.2 Å². The quantitative estimate of drug-likeness (QED) is 0.925. The summed E-state index contributed by atoms with van der Waals surface area (Å²) in [5, 5.41) is 11.7. The van der Waals surface area contributed by atoms with E-state index < -0.39 is 0 Å². The predicted octanol–water partition coefficient (Wildman–Crippen LogP) is 2.92. The molecule has 4 nitrogen and oxygen atoms in total. The standard InChI is InChI=1S/C16H13N3OS/c17-9-12-10-18-7-5-14(12)19-16(20)15-13-4-2-1-3-11(13)6-8-21-15/h1-5,7,10,15H,6,8H2,(H,18,19,20)/t15-/m0/s1. The van der Waals surface area contributed by atoms with Crippen LogP contribution < -0.4 is 5.32 Å². The summed E-state index contributed by atoms with van der Waals surface area (Å²) in [7, 11) is 0. The predicted molar refractivity (Wildman–Crippen MR) is 82.9 cm³/mol. The molecule has 0 radical (unpaired) electrons. The van der Waals surface area contributed by atoms with Crippen molar-refractivity contribution in [3.05, 3.63) is 59.4 Å². The second-order valence-electron chi connectivity index (χ2n) is 4.72. The van der Waals surface area contributed by atoms with Crippen molar-refractivity contribution in [3.63, 3.8) is 0 Å². The fourth-order valence-electron chi connectivity index (χ4n) is 2.40. The number of nitrogens with one attached hydrogen (secondary N) is 1. The van der Waals surface area contributed by atoms with Crippen LogP contribution in [0.2, 0.25) is 0 Å². The third-order valence-corrected chi connectivity index (χ3v) is 4.67. The molecule has 21 heavy (non-hydrogen) atoms. The summed E-state index contributed by atoms with van der Waals surface area (Å²) in [5.74, 6) is 0.839. The first-order valence-corrected chi connectivity index (χ1v) is 7.69. The molecule has 1 N–H and O–H groups in total. The highest BCUT2D eigenvalue weighted by Crippen LogP contribution is 2.37. The Kier molecular flexibility index (Phi) is 3.89. The summed E-state index contributed by atoms with van der Waals surface area (Å²) >= 11 is 1.64. The summed E-state index contributed by atoms with van der Waals surface area (Å²) < 4.78 is 0. The molecule has 0 saturated carbocycles. The van der Waals surface area contributed by atoms with Crippen LogP contribution in [0.25, 0.3) is 0 Å². The van der Waals surface area contributed by atoms with Gasteiger partial charge in [0.1, 0.15) is 11.3 Å². The van der Waals surface area contributed by atoms with E-state index in [1.54, 1.807) is 24.0 Å². The topological polar surface area (TPSA) is 65.8 Å². The number of thioether (sulfide) groups is 1. The van der Waals surface area contributed by atoms with Gasteiger partial charge in [-0.2, -0.15) is 5.26 Å². The van der Waals surface area contributed by atoms with Crippen molar-refractivity contribution in [1.29, 1.82) is 5.26 Å². The van der Waals surface area contributed by atoms with E-state index >= 15 is 0 Å². The minimum Gasteiger partial charge on any atom is -0.324 e. The van der Waals surface area contributed by atoms with Gasteiger partial charge in [-0.3, -0.25) is 9.78 Å². The molecular weight excluding hydrogens is 282 g/mol. The minimum atomic E-state index is -0.227. The lowest BCUT2D eigenvalue weighted by Crippen LogP contribution is -2.23. The number of nitrogens with zero attached hydrogens (tertiary/aromatic N) is 2. The smallest absolute Gasteiger partial charge is 0.242 e. The van der Waals surface area contributed by atoms with Gasteiger partial charge in [0.05, 0.1) is 11.3 Å². The Morgan fingerprint density at radius 2 is 2.24 bits per heavy atom. The fraction of sp³-hybridized carbons (Fsp3) is 0.188. The number of anilines is 1. The lowest BCUT2D eigenvalue weighted by Gasteiger charge is -2.24. The third kappa shape index (κ3) is 2.76. The first kappa shape index (κ1) is 13.7. The number of carbonyl (C=O) groups is 1. The van der Waals surface area contributed by atoms with Gasteiger partial charge >= 0.3 is 0 Å². The molecule has 1 aromatic heterocycles. The van der Waals surface area contributed by atoms with Crippen molar-refractivity contribution >= 4 is 23.4 Å². The summed E-state index contributed by atoms with van der Waals surface area (Å²) in [4.78, 5) is 16.4. The highest BCUT2D eigenvalue weighted by atomic mass is 32.2. The Morgan fingerprint density at radius 3 is 3.10 bits per heavy atom. The number of benzene rings is 1. The average Bonchev–Trinajstić information content (AvgIpc) is 2.54. The van der Waals surface area contributed by atoms with Gasteiger partial charge in [-0.15, -0.1) is 11.8 Å². The molecule has 0 fully saturated rings. The fourth-order valence-corrected chi connectivity index (χ4v) is 3.60. The molecule has 0 aliphatic carbocycles. The lowest BCUT2D eigenvalue weighted by molar-refractivity contribution is -0.115. The van der Waals surface area contributed by atoms with Gasteiger partial charge < -0.3 is 5.32 Å². The number of fused-ring (bicyclic) bond motifs is 1. The number of rotatable bonds is 2. The number of aryl methyl sites for hydroxylation is 1. The maximum Gasteiger partial charge on any atom is 0.242 e. The van der Waals surface area contributed by atoms with Crippen LogP contribution in [0.5, 0.6) is 0 Å².